The van der Waals surface area contributed by atoms with Crippen molar-refractivity contribution in [3.63, 3.8) is 0 Å². The number of benzene rings is 5. The fraction of sp³-hybridized carbons (Fsp3) is 0. The summed E-state index contributed by atoms with van der Waals surface area (Å²) in [5.74, 6) is 0. The quantitative estimate of drug-likeness (QED) is 0.287. The van der Waals surface area contributed by atoms with Gasteiger partial charge in [-0.25, -0.2) is 0 Å². The predicted molar refractivity (Wildman–Crippen MR) is 146 cm³/mol. The number of furan rings is 1. The first-order chi connectivity index (χ1) is 17.4. The average Bonchev–Trinajstić information content (AvgIpc) is 3.47. The molecule has 0 N–H and O–H groups in total. The summed E-state index contributed by atoms with van der Waals surface area (Å²) in [6.45, 7) is 0.0865. The van der Waals surface area contributed by atoms with Crippen molar-refractivity contribution in [1.29, 1.82) is 0 Å². The number of hydrogen-bond acceptors (Lipinski definition) is 2. The Kier molecular flexibility index (Phi) is 3.78. The minimum absolute atomic E-state index is 0.0865. The van der Waals surface area contributed by atoms with E-state index >= 15 is 0 Å². The molecule has 2 aliphatic rings. The van der Waals surface area contributed by atoms with Crippen LogP contribution in [0.25, 0.3) is 33.2 Å². The van der Waals surface area contributed by atoms with Gasteiger partial charge in [-0.2, -0.15) is 0 Å². The molecule has 0 unspecified atom stereocenters. The minimum atomic E-state index is 0.0865. The van der Waals surface area contributed by atoms with Crippen LogP contribution in [0.1, 0.15) is 0 Å². The molecule has 0 fully saturated rings. The normalized spacial score (nSPS) is 13.0. The van der Waals surface area contributed by atoms with E-state index in [1.54, 1.807) is 0 Å². The van der Waals surface area contributed by atoms with Gasteiger partial charge in [0.1, 0.15) is 5.58 Å². The summed E-state index contributed by atoms with van der Waals surface area (Å²) < 4.78 is 6.67. The van der Waals surface area contributed by atoms with E-state index in [1.165, 1.54) is 38.9 Å². The van der Waals surface area contributed by atoms with E-state index in [1.807, 2.05) is 0 Å². The molecule has 162 valence electrons. The van der Waals surface area contributed by atoms with Gasteiger partial charge in [0.2, 0.25) is 0 Å². The van der Waals surface area contributed by atoms with E-state index in [2.05, 4.69) is 126 Å². The van der Waals surface area contributed by atoms with Crippen LogP contribution in [0.3, 0.4) is 0 Å². The lowest BCUT2D eigenvalue weighted by atomic mass is 9.39. The maximum Gasteiger partial charge on any atom is 0.294 e. The number of fused-ring (bicyclic) bond motifs is 7. The summed E-state index contributed by atoms with van der Waals surface area (Å²) in [6, 6.07) is 43.3. The predicted octanol–water partition coefficient (Wildman–Crippen LogP) is 6.38. The summed E-state index contributed by atoms with van der Waals surface area (Å²) in [5.41, 5.74) is 13.2. The van der Waals surface area contributed by atoms with Crippen molar-refractivity contribution in [1.82, 2.24) is 0 Å². The molecular weight excluding hydrogens is 425 g/mol. The molecule has 0 aliphatic carbocycles. The van der Waals surface area contributed by atoms with Crippen LogP contribution >= 0.6 is 0 Å². The third-order valence-corrected chi connectivity index (χ3v) is 7.47. The molecule has 0 saturated heterocycles. The van der Waals surface area contributed by atoms with Gasteiger partial charge < -0.3 is 9.32 Å². The molecule has 35 heavy (non-hydrogen) atoms. The van der Waals surface area contributed by atoms with Crippen LogP contribution in [0.2, 0.25) is 0 Å². The zero-order valence-electron chi connectivity index (χ0n) is 19.0. The highest BCUT2D eigenvalue weighted by Gasteiger charge is 2.45. The third kappa shape index (κ3) is 2.55. The molecule has 0 bridgehead atoms. The number of anilines is 3. The van der Waals surface area contributed by atoms with Crippen molar-refractivity contribution < 1.29 is 4.42 Å². The van der Waals surface area contributed by atoms with Crippen LogP contribution in [0.4, 0.5) is 17.1 Å². The highest BCUT2D eigenvalue weighted by atomic mass is 16.3. The topological polar surface area (TPSA) is 16.4 Å². The molecular formula is C32H20BNO. The van der Waals surface area contributed by atoms with E-state index < -0.39 is 0 Å². The van der Waals surface area contributed by atoms with Crippen molar-refractivity contribution in [3.8, 4) is 22.3 Å². The molecule has 6 aromatic rings. The second kappa shape index (κ2) is 7.00. The second-order valence-corrected chi connectivity index (χ2v) is 9.32. The van der Waals surface area contributed by atoms with E-state index in [4.69, 9.17) is 4.42 Å². The van der Waals surface area contributed by atoms with Crippen LogP contribution in [0.5, 0.6) is 0 Å². The molecule has 0 atom stereocenters. The molecule has 0 radical (unpaired) electrons. The second-order valence-electron chi connectivity index (χ2n) is 9.32. The van der Waals surface area contributed by atoms with E-state index in [0.29, 0.717) is 0 Å². The molecule has 2 nitrogen and oxygen atoms in total. The van der Waals surface area contributed by atoms with Gasteiger partial charge in [0.05, 0.1) is 11.3 Å². The lowest BCUT2D eigenvalue weighted by Gasteiger charge is -2.33. The standard InChI is InChI=1S/C32H20BNO/c1-3-10-21(11-4-1)22-18-19-27-26(20-22)24-15-9-16-28-30(24)33(27)32-31(25-14-7-8-17-29(25)35-32)34(28)23-12-5-2-6-13-23/h1-20H. The lowest BCUT2D eigenvalue weighted by Crippen LogP contribution is -2.54. The maximum atomic E-state index is 6.67. The van der Waals surface area contributed by atoms with Gasteiger partial charge in [0.25, 0.3) is 6.71 Å². The van der Waals surface area contributed by atoms with Crippen LogP contribution in [0, 0.1) is 0 Å². The third-order valence-electron chi connectivity index (χ3n) is 7.47. The Labute approximate surface area is 204 Å². The first kappa shape index (κ1) is 18.9. The van der Waals surface area contributed by atoms with Crippen LogP contribution in [-0.4, -0.2) is 6.71 Å². The van der Waals surface area contributed by atoms with Crippen LogP contribution in [0.15, 0.2) is 126 Å². The maximum absolute atomic E-state index is 6.67. The van der Waals surface area contributed by atoms with E-state index in [9.17, 15) is 0 Å². The first-order valence-electron chi connectivity index (χ1n) is 12.1. The fourth-order valence-electron chi connectivity index (χ4n) is 6.01. The smallest absolute Gasteiger partial charge is 0.294 e. The van der Waals surface area contributed by atoms with E-state index in [0.717, 1.165) is 28.0 Å². The Hall–Kier alpha value is -4.50. The molecule has 0 spiro atoms. The van der Waals surface area contributed by atoms with Crippen molar-refractivity contribution >= 4 is 51.3 Å². The Morgan fingerprint density at radius 2 is 1.37 bits per heavy atom. The van der Waals surface area contributed by atoms with Crippen LogP contribution < -0.4 is 21.5 Å². The SMILES string of the molecule is c1ccc(-c2ccc3c(c2)-c2cccc4c2B3c2oc3ccccc3c2N4c2ccccc2)cc1. The molecule has 0 amide bonds. The van der Waals surface area contributed by atoms with Gasteiger partial charge in [-0.1, -0.05) is 90.4 Å². The van der Waals surface area contributed by atoms with Crippen molar-refractivity contribution in [3.05, 3.63) is 121 Å². The zero-order valence-corrected chi connectivity index (χ0v) is 19.0. The van der Waals surface area contributed by atoms with Gasteiger partial charge in [0, 0.05) is 16.8 Å². The molecule has 0 saturated carbocycles. The summed E-state index contributed by atoms with van der Waals surface area (Å²) >= 11 is 0. The van der Waals surface area contributed by atoms with E-state index in [-0.39, 0.29) is 6.71 Å². The summed E-state index contributed by atoms with van der Waals surface area (Å²) in [4.78, 5) is 2.39. The number of rotatable bonds is 2. The Balaban J connectivity index is 1.45. The summed E-state index contributed by atoms with van der Waals surface area (Å²) in [5, 5.41) is 1.15. The molecule has 3 heteroatoms. The summed E-state index contributed by atoms with van der Waals surface area (Å²) in [7, 11) is 0. The van der Waals surface area contributed by atoms with Gasteiger partial charge >= 0.3 is 0 Å². The zero-order chi connectivity index (χ0) is 22.9. The highest BCUT2D eigenvalue weighted by molar-refractivity contribution is 7.01. The minimum Gasteiger partial charge on any atom is -0.468 e. The number of hydrogen-bond donors (Lipinski definition) is 0. The highest BCUT2D eigenvalue weighted by Crippen LogP contribution is 2.44. The lowest BCUT2D eigenvalue weighted by molar-refractivity contribution is 0.651. The Morgan fingerprint density at radius 1 is 0.600 bits per heavy atom. The van der Waals surface area contributed by atoms with Crippen molar-refractivity contribution in [2.45, 2.75) is 0 Å². The molecule has 2 aliphatic heterocycles. The van der Waals surface area contributed by atoms with Crippen molar-refractivity contribution in [2.24, 2.45) is 0 Å². The Bertz CT molecular complexity index is 1750. The first-order valence-corrected chi connectivity index (χ1v) is 12.1. The van der Waals surface area contributed by atoms with Gasteiger partial charge in [0.15, 0.2) is 0 Å². The molecule has 8 rings (SSSR count). The molecule has 3 heterocycles. The average molecular weight is 445 g/mol. The summed E-state index contributed by atoms with van der Waals surface area (Å²) in [6.07, 6.45) is 0. The largest absolute Gasteiger partial charge is 0.468 e. The Morgan fingerprint density at radius 3 is 2.23 bits per heavy atom. The van der Waals surface area contributed by atoms with Gasteiger partial charge in [-0.15, -0.1) is 0 Å². The number of nitrogens with zero attached hydrogens (tertiary/aromatic N) is 1. The fourth-order valence-corrected chi connectivity index (χ4v) is 6.01. The van der Waals surface area contributed by atoms with Crippen LogP contribution in [-0.2, 0) is 0 Å². The molecule has 5 aromatic carbocycles. The van der Waals surface area contributed by atoms with Gasteiger partial charge in [-0.3, -0.25) is 0 Å². The number of para-hydroxylation sites is 2. The van der Waals surface area contributed by atoms with Gasteiger partial charge in [-0.05, 0) is 64.1 Å². The van der Waals surface area contributed by atoms with Crippen molar-refractivity contribution in [2.75, 3.05) is 4.90 Å². The molecule has 1 aromatic heterocycles. The monoisotopic (exact) mass is 445 g/mol.